The molecule has 0 N–H and O–H groups in total. The number of benzene rings is 2. The Kier molecular flexibility index (Phi) is 6.14. The van der Waals surface area contributed by atoms with Crippen molar-refractivity contribution in [2.24, 2.45) is 0 Å². The molecular formula is C23H23ClN4O2. The van der Waals surface area contributed by atoms with Gasteiger partial charge in [0.25, 0.3) is 0 Å². The molecule has 1 aliphatic rings. The number of hydrogen-bond acceptors (Lipinski definition) is 5. The number of methoxy groups -OCH3 is 1. The van der Waals surface area contributed by atoms with Gasteiger partial charge in [-0.05, 0) is 42.0 Å². The number of nitrogens with zero attached hydrogens (tertiary/aromatic N) is 4. The van der Waals surface area contributed by atoms with E-state index in [2.05, 4.69) is 14.9 Å². The monoisotopic (exact) mass is 422 g/mol. The van der Waals surface area contributed by atoms with Crippen LogP contribution in [0, 0.1) is 0 Å². The summed E-state index contributed by atoms with van der Waals surface area (Å²) in [6, 6.07) is 17.2. The molecular weight excluding hydrogens is 400 g/mol. The largest absolute Gasteiger partial charge is 0.497 e. The minimum Gasteiger partial charge on any atom is -0.497 e. The maximum Gasteiger partial charge on any atom is 0.227 e. The highest BCUT2D eigenvalue weighted by Gasteiger charge is 2.22. The first-order valence-corrected chi connectivity index (χ1v) is 10.2. The number of aromatic nitrogens is 2. The van der Waals surface area contributed by atoms with E-state index in [-0.39, 0.29) is 5.91 Å². The average molecular weight is 423 g/mol. The molecule has 154 valence electrons. The van der Waals surface area contributed by atoms with E-state index in [0.717, 1.165) is 41.5 Å². The van der Waals surface area contributed by atoms with Crippen LogP contribution in [0.25, 0.3) is 11.3 Å². The van der Waals surface area contributed by atoms with Gasteiger partial charge in [0.05, 0.1) is 19.2 Å². The molecule has 0 bridgehead atoms. The van der Waals surface area contributed by atoms with Crippen molar-refractivity contribution in [3.05, 3.63) is 71.5 Å². The Balaban J connectivity index is 1.37. The molecule has 1 amide bonds. The lowest BCUT2D eigenvalue weighted by Crippen LogP contribution is -2.49. The molecule has 2 aromatic carbocycles. The van der Waals surface area contributed by atoms with E-state index >= 15 is 0 Å². The lowest BCUT2D eigenvalue weighted by atomic mass is 10.1. The van der Waals surface area contributed by atoms with Crippen LogP contribution in [0.5, 0.6) is 5.75 Å². The zero-order chi connectivity index (χ0) is 20.9. The van der Waals surface area contributed by atoms with Crippen LogP contribution in [0.2, 0.25) is 5.02 Å². The minimum absolute atomic E-state index is 0.138. The fraction of sp³-hybridized carbons (Fsp3) is 0.261. The van der Waals surface area contributed by atoms with Gasteiger partial charge in [-0.2, -0.15) is 0 Å². The second-order valence-corrected chi connectivity index (χ2v) is 7.60. The third kappa shape index (κ3) is 4.71. The highest BCUT2D eigenvalue weighted by atomic mass is 35.5. The van der Waals surface area contributed by atoms with Crippen molar-refractivity contribution in [1.82, 2.24) is 14.9 Å². The Morgan fingerprint density at radius 1 is 1.00 bits per heavy atom. The molecule has 4 rings (SSSR count). The summed E-state index contributed by atoms with van der Waals surface area (Å²) in [5.41, 5.74) is 2.85. The summed E-state index contributed by atoms with van der Waals surface area (Å²) >= 11 is 5.92. The van der Waals surface area contributed by atoms with E-state index in [4.69, 9.17) is 16.3 Å². The van der Waals surface area contributed by atoms with Crippen molar-refractivity contribution in [2.75, 3.05) is 38.2 Å². The third-order valence-electron chi connectivity index (χ3n) is 5.26. The number of anilines is 1. The van der Waals surface area contributed by atoms with Crippen LogP contribution in [-0.2, 0) is 11.2 Å². The van der Waals surface area contributed by atoms with Crippen molar-refractivity contribution < 1.29 is 9.53 Å². The Morgan fingerprint density at radius 2 is 1.70 bits per heavy atom. The lowest BCUT2D eigenvalue weighted by Gasteiger charge is -2.35. The van der Waals surface area contributed by atoms with Crippen LogP contribution in [0.1, 0.15) is 5.56 Å². The predicted molar refractivity (Wildman–Crippen MR) is 118 cm³/mol. The van der Waals surface area contributed by atoms with Crippen molar-refractivity contribution in [3.63, 3.8) is 0 Å². The summed E-state index contributed by atoms with van der Waals surface area (Å²) in [5, 5.41) is 0.679. The average Bonchev–Trinajstić information content (AvgIpc) is 2.81. The van der Waals surface area contributed by atoms with Crippen LogP contribution in [-0.4, -0.2) is 54.1 Å². The summed E-state index contributed by atoms with van der Waals surface area (Å²) in [6.45, 7) is 2.83. The van der Waals surface area contributed by atoms with Crippen molar-refractivity contribution >= 4 is 23.3 Å². The number of carbonyl (C=O) groups excluding carboxylic acids is 1. The molecule has 3 aromatic rings. The highest BCUT2D eigenvalue weighted by molar-refractivity contribution is 6.30. The molecule has 1 aromatic heterocycles. The SMILES string of the molecule is COc1ccc(-c2cc(N3CCN(C(=O)Cc4ccc(Cl)cc4)CC3)ncn2)cc1. The van der Waals surface area contributed by atoms with Gasteiger partial charge in [0.2, 0.25) is 5.91 Å². The van der Waals surface area contributed by atoms with Crippen LogP contribution in [0.4, 0.5) is 5.82 Å². The Hall–Kier alpha value is -3.12. The molecule has 30 heavy (non-hydrogen) atoms. The molecule has 1 saturated heterocycles. The van der Waals surface area contributed by atoms with E-state index in [9.17, 15) is 4.79 Å². The quantitative estimate of drug-likeness (QED) is 0.627. The van der Waals surface area contributed by atoms with E-state index in [1.807, 2.05) is 59.5 Å². The molecule has 0 radical (unpaired) electrons. The smallest absolute Gasteiger partial charge is 0.227 e. The third-order valence-corrected chi connectivity index (χ3v) is 5.52. The summed E-state index contributed by atoms with van der Waals surface area (Å²) in [5.74, 6) is 1.83. The van der Waals surface area contributed by atoms with Gasteiger partial charge in [0.15, 0.2) is 0 Å². The van der Waals surface area contributed by atoms with Gasteiger partial charge in [0.1, 0.15) is 17.9 Å². The highest BCUT2D eigenvalue weighted by Crippen LogP contribution is 2.24. The molecule has 0 atom stereocenters. The first-order valence-electron chi connectivity index (χ1n) is 9.86. The number of rotatable bonds is 5. The van der Waals surface area contributed by atoms with Crippen LogP contribution in [0.15, 0.2) is 60.9 Å². The number of piperazine rings is 1. The normalized spacial score (nSPS) is 13.9. The molecule has 0 unspecified atom stereocenters. The van der Waals surface area contributed by atoms with Crippen molar-refractivity contribution in [1.29, 1.82) is 0 Å². The number of halogens is 1. The minimum atomic E-state index is 0.138. The number of hydrogen-bond donors (Lipinski definition) is 0. The van der Waals surface area contributed by atoms with Crippen molar-refractivity contribution in [2.45, 2.75) is 6.42 Å². The molecule has 7 heteroatoms. The second kappa shape index (κ2) is 9.13. The summed E-state index contributed by atoms with van der Waals surface area (Å²) in [6.07, 6.45) is 1.99. The lowest BCUT2D eigenvalue weighted by molar-refractivity contribution is -0.130. The van der Waals surface area contributed by atoms with Crippen molar-refractivity contribution in [3.8, 4) is 17.0 Å². The molecule has 0 spiro atoms. The van der Waals surface area contributed by atoms with E-state index < -0.39 is 0 Å². The molecule has 1 fully saturated rings. The first kappa shape index (κ1) is 20.2. The number of ether oxygens (including phenoxy) is 1. The van der Waals surface area contributed by atoms with Crippen LogP contribution in [0.3, 0.4) is 0 Å². The van der Waals surface area contributed by atoms with Gasteiger partial charge in [-0.25, -0.2) is 9.97 Å². The van der Waals surface area contributed by atoms with Gasteiger partial charge in [-0.3, -0.25) is 4.79 Å². The second-order valence-electron chi connectivity index (χ2n) is 7.16. The zero-order valence-electron chi connectivity index (χ0n) is 16.8. The molecule has 0 saturated carbocycles. The maximum atomic E-state index is 12.6. The van der Waals surface area contributed by atoms with E-state index in [0.29, 0.717) is 24.5 Å². The number of amides is 1. The van der Waals surface area contributed by atoms with Gasteiger partial charge < -0.3 is 14.5 Å². The molecule has 1 aliphatic heterocycles. The Morgan fingerprint density at radius 3 is 2.37 bits per heavy atom. The summed E-state index contributed by atoms with van der Waals surface area (Å²) in [7, 11) is 1.65. The fourth-order valence-corrected chi connectivity index (χ4v) is 3.64. The zero-order valence-corrected chi connectivity index (χ0v) is 17.5. The van der Waals surface area contributed by atoms with Gasteiger partial charge in [-0.1, -0.05) is 23.7 Å². The Labute approximate surface area is 181 Å². The molecule has 6 nitrogen and oxygen atoms in total. The molecule has 0 aliphatic carbocycles. The first-order chi connectivity index (χ1) is 14.6. The maximum absolute atomic E-state index is 12.6. The standard InChI is InChI=1S/C23H23ClN4O2/c1-30-20-8-4-18(5-9-20)21-15-22(26-16-25-21)27-10-12-28(13-11-27)23(29)14-17-2-6-19(24)7-3-17/h2-9,15-16H,10-14H2,1H3. The fourth-order valence-electron chi connectivity index (χ4n) is 3.51. The van der Waals surface area contributed by atoms with Crippen LogP contribution < -0.4 is 9.64 Å². The summed E-state index contributed by atoms with van der Waals surface area (Å²) < 4.78 is 5.22. The number of carbonyl (C=O) groups is 1. The topological polar surface area (TPSA) is 58.6 Å². The van der Waals surface area contributed by atoms with E-state index in [1.54, 1.807) is 13.4 Å². The summed E-state index contributed by atoms with van der Waals surface area (Å²) in [4.78, 5) is 25.6. The van der Waals surface area contributed by atoms with Gasteiger partial charge in [0, 0.05) is 42.8 Å². The van der Waals surface area contributed by atoms with Gasteiger partial charge >= 0.3 is 0 Å². The molecule has 2 heterocycles. The van der Waals surface area contributed by atoms with E-state index in [1.165, 1.54) is 0 Å². The Bertz CT molecular complexity index is 1000. The predicted octanol–water partition coefficient (Wildman–Crippen LogP) is 3.70. The van der Waals surface area contributed by atoms with Gasteiger partial charge in [-0.15, -0.1) is 0 Å². The van der Waals surface area contributed by atoms with Crippen LogP contribution >= 0.6 is 11.6 Å².